The van der Waals surface area contributed by atoms with Crippen molar-refractivity contribution in [1.29, 1.82) is 0 Å². The van der Waals surface area contributed by atoms with Crippen LogP contribution in [0.1, 0.15) is 60.5 Å². The van der Waals surface area contributed by atoms with Crippen LogP contribution in [0.2, 0.25) is 0 Å². The third-order valence-corrected chi connectivity index (χ3v) is 5.81. The van der Waals surface area contributed by atoms with Crippen molar-refractivity contribution in [2.45, 2.75) is 71.7 Å². The molecule has 0 unspecified atom stereocenters. The number of anilines is 1. The first-order valence-corrected chi connectivity index (χ1v) is 10.2. The van der Waals surface area contributed by atoms with Crippen molar-refractivity contribution in [2.24, 2.45) is 0 Å². The first kappa shape index (κ1) is 21.7. The molecule has 1 saturated heterocycles. The number of nitrogens with two attached hydrogens (primary N) is 1. The van der Waals surface area contributed by atoms with Gasteiger partial charge in [0.2, 0.25) is 0 Å². The van der Waals surface area contributed by atoms with E-state index in [9.17, 15) is 4.79 Å². The standard InChI is InChI=1S/C22H33BN2O4/c1-20(2,3)27-19(26)25-12-10-15(11-13-25)17-9-8-16(14-18(17)24)23-28-21(4,5)22(6,7)29-23/h8-10,14H,11-13,24H2,1-7H3. The summed E-state index contributed by atoms with van der Waals surface area (Å²) < 4.78 is 17.7. The van der Waals surface area contributed by atoms with Crippen LogP contribution < -0.4 is 11.2 Å². The Hall–Kier alpha value is -1.99. The fraction of sp³-hybridized carbons (Fsp3) is 0.591. The van der Waals surface area contributed by atoms with Crippen molar-refractivity contribution < 1.29 is 18.8 Å². The molecule has 6 nitrogen and oxygen atoms in total. The minimum Gasteiger partial charge on any atom is -0.444 e. The van der Waals surface area contributed by atoms with E-state index in [1.807, 2.05) is 72.7 Å². The van der Waals surface area contributed by atoms with Gasteiger partial charge < -0.3 is 24.7 Å². The number of amides is 1. The number of carbonyl (C=O) groups is 1. The number of hydrogen-bond donors (Lipinski definition) is 1. The Labute approximate surface area is 174 Å². The van der Waals surface area contributed by atoms with Gasteiger partial charge in [-0.15, -0.1) is 0 Å². The van der Waals surface area contributed by atoms with Gasteiger partial charge in [-0.3, -0.25) is 0 Å². The van der Waals surface area contributed by atoms with Crippen LogP contribution in [0.5, 0.6) is 0 Å². The molecule has 0 bridgehead atoms. The van der Waals surface area contributed by atoms with Crippen LogP contribution in [0, 0.1) is 0 Å². The van der Waals surface area contributed by atoms with E-state index in [1.165, 1.54) is 0 Å². The molecule has 2 N–H and O–H groups in total. The molecule has 2 heterocycles. The molecule has 0 saturated carbocycles. The zero-order valence-corrected chi connectivity index (χ0v) is 18.7. The minimum absolute atomic E-state index is 0.281. The Kier molecular flexibility index (Phi) is 5.52. The summed E-state index contributed by atoms with van der Waals surface area (Å²) in [6.07, 6.45) is 2.50. The highest BCUT2D eigenvalue weighted by atomic mass is 16.7. The van der Waals surface area contributed by atoms with Crippen LogP contribution in [0.15, 0.2) is 24.3 Å². The third-order valence-electron chi connectivity index (χ3n) is 5.81. The second-order valence-electron chi connectivity index (χ2n) is 9.84. The van der Waals surface area contributed by atoms with Gasteiger partial charge in [0.1, 0.15) is 5.60 Å². The SMILES string of the molecule is CC(C)(C)OC(=O)N1CC=C(c2ccc(B3OC(C)(C)C(C)(C)O3)cc2N)CC1. The molecule has 1 aromatic rings. The van der Waals surface area contributed by atoms with Crippen molar-refractivity contribution in [1.82, 2.24) is 4.90 Å². The average molecular weight is 400 g/mol. The van der Waals surface area contributed by atoms with Crippen molar-refractivity contribution >= 4 is 29.9 Å². The van der Waals surface area contributed by atoms with Crippen LogP contribution in [0.25, 0.3) is 5.57 Å². The Morgan fingerprint density at radius 2 is 1.79 bits per heavy atom. The zero-order valence-electron chi connectivity index (χ0n) is 18.7. The molecule has 1 aromatic carbocycles. The number of nitrogen functional groups attached to an aromatic ring is 1. The second-order valence-corrected chi connectivity index (χ2v) is 9.84. The highest BCUT2D eigenvalue weighted by Crippen LogP contribution is 2.37. The summed E-state index contributed by atoms with van der Waals surface area (Å²) in [4.78, 5) is 14.0. The molecule has 0 aliphatic carbocycles. The highest BCUT2D eigenvalue weighted by Gasteiger charge is 2.51. The quantitative estimate of drug-likeness (QED) is 0.607. The lowest BCUT2D eigenvalue weighted by atomic mass is 9.78. The summed E-state index contributed by atoms with van der Waals surface area (Å²) in [6, 6.07) is 5.96. The first-order chi connectivity index (χ1) is 13.3. The van der Waals surface area contributed by atoms with Crippen molar-refractivity contribution in [3.63, 3.8) is 0 Å². The summed E-state index contributed by atoms with van der Waals surface area (Å²) in [5, 5.41) is 0. The fourth-order valence-electron chi connectivity index (χ4n) is 3.41. The van der Waals surface area contributed by atoms with Gasteiger partial charge >= 0.3 is 13.2 Å². The molecular formula is C22H33BN2O4. The molecule has 158 valence electrons. The van der Waals surface area contributed by atoms with E-state index < -0.39 is 12.7 Å². The Morgan fingerprint density at radius 1 is 1.17 bits per heavy atom. The van der Waals surface area contributed by atoms with Gasteiger partial charge in [-0.2, -0.15) is 0 Å². The first-order valence-electron chi connectivity index (χ1n) is 10.2. The van der Waals surface area contributed by atoms with E-state index in [0.717, 1.165) is 23.0 Å². The molecule has 1 fully saturated rings. The maximum Gasteiger partial charge on any atom is 0.494 e. The van der Waals surface area contributed by atoms with E-state index in [-0.39, 0.29) is 17.3 Å². The molecule has 29 heavy (non-hydrogen) atoms. The van der Waals surface area contributed by atoms with Crippen LogP contribution in [-0.4, -0.2) is 48.0 Å². The Morgan fingerprint density at radius 3 is 2.28 bits per heavy atom. The molecule has 2 aliphatic rings. The molecule has 1 amide bonds. The molecule has 0 radical (unpaired) electrons. The molecular weight excluding hydrogens is 367 g/mol. The predicted octanol–water partition coefficient (Wildman–Crippen LogP) is 3.59. The smallest absolute Gasteiger partial charge is 0.444 e. The lowest BCUT2D eigenvalue weighted by Crippen LogP contribution is -2.41. The van der Waals surface area contributed by atoms with Crippen molar-refractivity contribution in [3.8, 4) is 0 Å². The van der Waals surface area contributed by atoms with Gasteiger partial charge in [-0.05, 0) is 72.0 Å². The van der Waals surface area contributed by atoms with E-state index in [2.05, 4.69) is 0 Å². The van der Waals surface area contributed by atoms with Crippen LogP contribution in [-0.2, 0) is 14.0 Å². The van der Waals surface area contributed by atoms with E-state index in [4.69, 9.17) is 19.8 Å². The van der Waals surface area contributed by atoms with Crippen LogP contribution in [0.4, 0.5) is 10.5 Å². The van der Waals surface area contributed by atoms with E-state index in [0.29, 0.717) is 18.8 Å². The maximum atomic E-state index is 12.2. The fourth-order valence-corrected chi connectivity index (χ4v) is 3.41. The number of hydrogen-bond acceptors (Lipinski definition) is 5. The van der Waals surface area contributed by atoms with Crippen LogP contribution >= 0.6 is 0 Å². The van der Waals surface area contributed by atoms with E-state index in [1.54, 1.807) is 4.90 Å². The monoisotopic (exact) mass is 400 g/mol. The molecule has 0 spiro atoms. The number of rotatable bonds is 2. The van der Waals surface area contributed by atoms with Gasteiger partial charge in [0.15, 0.2) is 0 Å². The summed E-state index contributed by atoms with van der Waals surface area (Å²) >= 11 is 0. The summed E-state index contributed by atoms with van der Waals surface area (Å²) in [5.41, 5.74) is 8.85. The number of ether oxygens (including phenoxy) is 1. The van der Waals surface area contributed by atoms with Gasteiger partial charge in [-0.25, -0.2) is 4.79 Å². The maximum absolute atomic E-state index is 12.2. The van der Waals surface area contributed by atoms with Gasteiger partial charge in [0.25, 0.3) is 0 Å². The van der Waals surface area contributed by atoms with Crippen LogP contribution in [0.3, 0.4) is 0 Å². The minimum atomic E-state index is -0.491. The number of benzene rings is 1. The summed E-state index contributed by atoms with van der Waals surface area (Å²) in [5.74, 6) is 0. The largest absolute Gasteiger partial charge is 0.494 e. The van der Waals surface area contributed by atoms with Gasteiger partial charge in [0, 0.05) is 24.3 Å². The average Bonchev–Trinajstić information content (AvgIpc) is 2.81. The third kappa shape index (κ3) is 4.62. The van der Waals surface area contributed by atoms with E-state index >= 15 is 0 Å². The topological polar surface area (TPSA) is 74.0 Å². The second kappa shape index (κ2) is 7.36. The molecule has 2 aliphatic heterocycles. The van der Waals surface area contributed by atoms with Crippen molar-refractivity contribution in [3.05, 3.63) is 29.8 Å². The Bertz CT molecular complexity index is 811. The lowest BCUT2D eigenvalue weighted by Gasteiger charge is -2.32. The number of carbonyl (C=O) groups excluding carboxylic acids is 1. The Balaban J connectivity index is 1.71. The highest BCUT2D eigenvalue weighted by molar-refractivity contribution is 6.62. The molecule has 0 aromatic heterocycles. The normalized spacial score (nSPS) is 21.1. The lowest BCUT2D eigenvalue weighted by molar-refractivity contribution is 0.00578. The molecule has 0 atom stereocenters. The van der Waals surface area contributed by atoms with Gasteiger partial charge in [0.05, 0.1) is 11.2 Å². The number of nitrogens with zero attached hydrogens (tertiary/aromatic N) is 1. The molecule has 7 heteroatoms. The zero-order chi connectivity index (χ0) is 21.6. The van der Waals surface area contributed by atoms with Crippen molar-refractivity contribution in [2.75, 3.05) is 18.8 Å². The summed E-state index contributed by atoms with van der Waals surface area (Å²) in [7, 11) is -0.431. The van der Waals surface area contributed by atoms with Gasteiger partial charge in [-0.1, -0.05) is 18.2 Å². The molecule has 3 rings (SSSR count). The summed E-state index contributed by atoms with van der Waals surface area (Å²) in [6.45, 7) is 14.9. The predicted molar refractivity (Wildman–Crippen MR) is 117 cm³/mol.